The number of aliphatic hydroxyl groups excluding tert-OH is 3. The first kappa shape index (κ1) is 64.0. The van der Waals surface area contributed by atoms with Gasteiger partial charge in [-0.05, 0) is 24.1 Å². The Labute approximate surface area is 417 Å². The lowest BCUT2D eigenvalue weighted by atomic mass is 9.99. The van der Waals surface area contributed by atoms with Crippen LogP contribution in [0.25, 0.3) is 0 Å². The fourth-order valence-corrected chi connectivity index (χ4v) is 5.99. The maximum absolute atomic E-state index is 13.6. The number of nitrogens with two attached hydrogens (primary N) is 1. The van der Waals surface area contributed by atoms with Crippen molar-refractivity contribution in [3.63, 3.8) is 0 Å². The summed E-state index contributed by atoms with van der Waals surface area (Å²) in [6.45, 7) is 9.84. The van der Waals surface area contributed by atoms with Crippen molar-refractivity contribution in [3.8, 4) is 5.75 Å². The Kier molecular flexibility index (Phi) is 36.7. The van der Waals surface area contributed by atoms with E-state index in [-0.39, 0.29) is 56.1 Å². The third kappa shape index (κ3) is 30.2. The summed E-state index contributed by atoms with van der Waals surface area (Å²) in [6, 6.07) is 2.24. The number of hydrogen-bond donors (Lipinski definition) is 7. The van der Waals surface area contributed by atoms with Gasteiger partial charge in [-0.1, -0.05) is 6.07 Å². The molecule has 72 heavy (non-hydrogen) atoms. The van der Waals surface area contributed by atoms with Gasteiger partial charge >= 0.3 is 17.9 Å². The monoisotopic (exact) mass is 1040 g/mol. The number of benzene rings is 1. The summed E-state index contributed by atoms with van der Waals surface area (Å²) in [4.78, 5) is 65.8. The van der Waals surface area contributed by atoms with Gasteiger partial charge in [0, 0.05) is 20.0 Å². The molecule has 0 aromatic heterocycles. The highest BCUT2D eigenvalue weighted by Crippen LogP contribution is 2.28. The first-order chi connectivity index (χ1) is 34.8. The van der Waals surface area contributed by atoms with Crippen LogP contribution in [-0.2, 0) is 92.2 Å². The van der Waals surface area contributed by atoms with Gasteiger partial charge in [-0.3, -0.25) is 19.2 Å². The molecule has 1 heterocycles. The maximum atomic E-state index is 13.6. The number of ketones is 1. The van der Waals surface area contributed by atoms with Gasteiger partial charge in [0.25, 0.3) is 5.91 Å². The van der Waals surface area contributed by atoms with E-state index in [1.165, 1.54) is 18.2 Å². The van der Waals surface area contributed by atoms with E-state index in [2.05, 4.69) is 10.2 Å². The smallest absolute Gasteiger partial charge is 0.335 e. The van der Waals surface area contributed by atoms with Crippen molar-refractivity contribution in [2.75, 3.05) is 152 Å². The molecule has 6 atom stereocenters. The van der Waals surface area contributed by atoms with Gasteiger partial charge in [0.05, 0.1) is 163 Å². The van der Waals surface area contributed by atoms with Crippen LogP contribution in [0.4, 0.5) is 0 Å². The van der Waals surface area contributed by atoms with E-state index < -0.39 is 72.8 Å². The Morgan fingerprint density at radius 2 is 1.01 bits per heavy atom. The molecule has 27 heteroatoms. The first-order valence-electron chi connectivity index (χ1n) is 23.4. The van der Waals surface area contributed by atoms with E-state index in [0.717, 1.165) is 6.92 Å². The molecule has 414 valence electrons. The van der Waals surface area contributed by atoms with Crippen molar-refractivity contribution in [3.05, 3.63) is 29.3 Å². The Balaban J connectivity index is 1.50. The molecule has 0 saturated carbocycles. The van der Waals surface area contributed by atoms with Crippen LogP contribution in [0, 0.1) is 0 Å². The number of carbonyl (C=O) groups excluding carboxylic acids is 3. The molecule has 1 amide bonds. The van der Waals surface area contributed by atoms with Crippen LogP contribution >= 0.6 is 0 Å². The Morgan fingerprint density at radius 3 is 1.40 bits per heavy atom. The number of ether oxygens (including phenoxy) is 14. The van der Waals surface area contributed by atoms with E-state index in [4.69, 9.17) is 72.2 Å². The minimum absolute atomic E-state index is 0.124. The summed E-state index contributed by atoms with van der Waals surface area (Å²) in [5, 5.41) is 52.0. The number of nitrogens with one attached hydrogen (secondary N) is 1. The molecule has 0 spiro atoms. The molecule has 0 aliphatic carbocycles. The summed E-state index contributed by atoms with van der Waals surface area (Å²) < 4.78 is 75.5. The molecule has 1 fully saturated rings. The lowest BCUT2D eigenvalue weighted by molar-refractivity contribution is -0.271. The quantitative estimate of drug-likeness (QED) is 0.0211. The number of aliphatic carboxylic acids is 2. The van der Waals surface area contributed by atoms with Crippen molar-refractivity contribution < 1.29 is 121 Å². The molecule has 1 aliphatic rings. The normalized spacial score (nSPS) is 18.2. The average Bonchev–Trinajstić information content (AvgIpc) is 3.35. The van der Waals surface area contributed by atoms with Crippen LogP contribution in [-0.4, -0.2) is 244 Å². The standard InChI is InChI=1S/C45H74N2O25/c1-32(48)69-31-33-4-5-37(71-45-41(54)39(52)40(53)42(72-45)44(56)57)34(29-33)43(55)47-35(30-38(50)51)36(49)3-2-6-58-7-8-59-9-10-60-11-12-61-13-14-62-15-16-63-17-18-64-19-20-65-21-22-66-23-24-67-25-26-68-27-28-70-46/h4-5,29,35,39-42,45,52-54H,2-3,6-28,30-31,46H2,1H3,(H,47,55)(H,50,51)(H,56,57)/t35-,39-,40-,41+,42-,45+/m0/s1. The van der Waals surface area contributed by atoms with Crippen molar-refractivity contribution in [1.29, 1.82) is 0 Å². The number of esters is 1. The van der Waals surface area contributed by atoms with Gasteiger partial charge in [-0.2, -0.15) is 0 Å². The molecule has 2 rings (SSSR count). The van der Waals surface area contributed by atoms with E-state index >= 15 is 0 Å². The zero-order chi connectivity index (χ0) is 52.6. The third-order valence-electron chi connectivity index (χ3n) is 9.64. The molecule has 1 aromatic rings. The summed E-state index contributed by atoms with van der Waals surface area (Å²) in [5.41, 5.74) is -0.0902. The van der Waals surface area contributed by atoms with E-state index in [9.17, 15) is 49.5 Å². The number of hydrogen-bond acceptors (Lipinski definition) is 24. The molecule has 0 bridgehead atoms. The number of Topliss-reactive ketones (excluding diaryl/α,β-unsaturated/α-hetero) is 1. The number of carboxylic acid groups (broad SMARTS) is 2. The number of carbonyl (C=O) groups is 5. The van der Waals surface area contributed by atoms with Crippen LogP contribution in [0.15, 0.2) is 18.2 Å². The van der Waals surface area contributed by atoms with Gasteiger partial charge < -0.3 is 102 Å². The first-order valence-corrected chi connectivity index (χ1v) is 23.4. The highest BCUT2D eigenvalue weighted by atomic mass is 16.7. The van der Waals surface area contributed by atoms with E-state index in [0.29, 0.717) is 132 Å². The van der Waals surface area contributed by atoms with Crippen LogP contribution in [0.3, 0.4) is 0 Å². The highest BCUT2D eigenvalue weighted by molar-refractivity contribution is 6.01. The summed E-state index contributed by atoms with van der Waals surface area (Å²) in [6.07, 6.45) is -10.7. The molecule has 1 aliphatic heterocycles. The second-order valence-corrected chi connectivity index (χ2v) is 15.3. The van der Waals surface area contributed by atoms with Crippen LogP contribution in [0.1, 0.15) is 42.1 Å². The van der Waals surface area contributed by atoms with Gasteiger partial charge in [-0.25, -0.2) is 10.7 Å². The van der Waals surface area contributed by atoms with Gasteiger partial charge in [0.15, 0.2) is 11.9 Å². The minimum atomic E-state index is -2.01. The second-order valence-electron chi connectivity index (χ2n) is 15.3. The fourth-order valence-electron chi connectivity index (χ4n) is 5.99. The van der Waals surface area contributed by atoms with Crippen molar-refractivity contribution in [1.82, 2.24) is 5.32 Å². The molecule has 8 N–H and O–H groups in total. The van der Waals surface area contributed by atoms with Crippen LogP contribution in [0.5, 0.6) is 5.75 Å². The van der Waals surface area contributed by atoms with Gasteiger partial charge in [0.1, 0.15) is 30.7 Å². The third-order valence-corrected chi connectivity index (χ3v) is 9.64. The Bertz CT molecular complexity index is 1630. The van der Waals surface area contributed by atoms with Crippen molar-refractivity contribution >= 4 is 29.6 Å². The van der Waals surface area contributed by atoms with Gasteiger partial charge in [0.2, 0.25) is 6.29 Å². The van der Waals surface area contributed by atoms with Crippen LogP contribution in [0.2, 0.25) is 0 Å². The zero-order valence-corrected chi connectivity index (χ0v) is 40.8. The zero-order valence-electron chi connectivity index (χ0n) is 40.8. The molecule has 27 nitrogen and oxygen atoms in total. The molecular formula is C45H74N2O25. The number of amides is 1. The predicted octanol–water partition coefficient (Wildman–Crippen LogP) is -1.98. The number of rotatable bonds is 47. The molecule has 1 saturated heterocycles. The highest BCUT2D eigenvalue weighted by Gasteiger charge is 2.48. The average molecular weight is 1040 g/mol. The largest absolute Gasteiger partial charge is 0.481 e. The fraction of sp³-hybridized carbons (Fsp3) is 0.756. The maximum Gasteiger partial charge on any atom is 0.335 e. The molecule has 1 aromatic carbocycles. The van der Waals surface area contributed by atoms with Gasteiger partial charge in [-0.15, -0.1) is 0 Å². The van der Waals surface area contributed by atoms with E-state index in [1.807, 2.05) is 0 Å². The number of carboxylic acids is 2. The summed E-state index contributed by atoms with van der Waals surface area (Å²) in [5.74, 6) is -0.797. The Morgan fingerprint density at radius 1 is 0.597 bits per heavy atom. The number of aliphatic hydroxyl groups is 3. The van der Waals surface area contributed by atoms with Crippen molar-refractivity contribution in [2.24, 2.45) is 5.90 Å². The topological polar surface area (TPSA) is 363 Å². The Hall–Kier alpha value is -4.11. The summed E-state index contributed by atoms with van der Waals surface area (Å²) >= 11 is 0. The predicted molar refractivity (Wildman–Crippen MR) is 244 cm³/mol. The second kappa shape index (κ2) is 41.3. The summed E-state index contributed by atoms with van der Waals surface area (Å²) in [7, 11) is 0. The van der Waals surface area contributed by atoms with E-state index in [1.54, 1.807) is 0 Å². The lowest BCUT2D eigenvalue weighted by Gasteiger charge is -2.38. The molecule has 0 radical (unpaired) electrons. The lowest BCUT2D eigenvalue weighted by Crippen LogP contribution is -2.61. The minimum Gasteiger partial charge on any atom is -0.481 e. The molecular weight excluding hydrogens is 968 g/mol. The van der Waals surface area contributed by atoms with Crippen LogP contribution < -0.4 is 16.0 Å². The van der Waals surface area contributed by atoms with Crippen molar-refractivity contribution in [2.45, 2.75) is 69.5 Å². The molecule has 0 unspecified atom stereocenters. The SMILES string of the molecule is CC(=O)OCc1ccc(O[C@@H]2O[C@H](C(=O)O)[C@@H](O)[C@H](O)[C@H]2O)c(C(=O)N[C@@H](CC(=O)O)C(=O)CCCOCCOCCOCCOCCOCCOCCOCCOCCOCCOCCOCCON)c1.